The van der Waals surface area contributed by atoms with E-state index in [1.165, 1.54) is 16.9 Å². The van der Waals surface area contributed by atoms with E-state index in [-0.39, 0.29) is 5.69 Å². The van der Waals surface area contributed by atoms with Gasteiger partial charge in [-0.1, -0.05) is 31.2 Å². The van der Waals surface area contributed by atoms with Gasteiger partial charge in [-0.15, -0.1) is 11.3 Å². The van der Waals surface area contributed by atoms with Crippen molar-refractivity contribution in [3.8, 4) is 10.4 Å². The normalized spacial score (nSPS) is 10.3. The lowest BCUT2D eigenvalue weighted by Crippen LogP contribution is -1.98. The quantitative estimate of drug-likeness (QED) is 0.886. The first-order valence-corrected chi connectivity index (χ1v) is 5.86. The molecule has 4 heteroatoms. The summed E-state index contributed by atoms with van der Waals surface area (Å²) in [5.41, 5.74) is 3.85. The molecular formula is C12H11NO2S. The van der Waals surface area contributed by atoms with E-state index in [0.29, 0.717) is 0 Å². The van der Waals surface area contributed by atoms with Crippen molar-refractivity contribution in [1.29, 1.82) is 0 Å². The minimum absolute atomic E-state index is 0.134. The summed E-state index contributed by atoms with van der Waals surface area (Å²) in [6.07, 6.45) is 0.981. The maximum absolute atomic E-state index is 10.9. The Hall–Kier alpha value is -1.68. The number of carboxylic acids is 1. The van der Waals surface area contributed by atoms with Crippen molar-refractivity contribution >= 4 is 17.3 Å². The van der Waals surface area contributed by atoms with E-state index in [4.69, 9.17) is 5.11 Å². The molecule has 1 heterocycles. The highest BCUT2D eigenvalue weighted by Crippen LogP contribution is 2.27. The van der Waals surface area contributed by atoms with Crippen LogP contribution in [0.25, 0.3) is 10.4 Å². The fourth-order valence-corrected chi connectivity index (χ4v) is 2.28. The van der Waals surface area contributed by atoms with E-state index in [1.54, 1.807) is 5.51 Å². The van der Waals surface area contributed by atoms with Crippen molar-refractivity contribution in [2.45, 2.75) is 13.3 Å². The van der Waals surface area contributed by atoms with Gasteiger partial charge in [0.15, 0.2) is 5.69 Å². The van der Waals surface area contributed by atoms with Crippen LogP contribution in [-0.2, 0) is 6.42 Å². The van der Waals surface area contributed by atoms with E-state index in [2.05, 4.69) is 11.9 Å². The van der Waals surface area contributed by atoms with Gasteiger partial charge >= 0.3 is 5.97 Å². The van der Waals surface area contributed by atoms with Crippen molar-refractivity contribution in [2.75, 3.05) is 0 Å². The lowest BCUT2D eigenvalue weighted by Gasteiger charge is -2.01. The zero-order valence-electron chi connectivity index (χ0n) is 8.80. The third-order valence-corrected chi connectivity index (χ3v) is 3.27. The molecule has 0 saturated carbocycles. The van der Waals surface area contributed by atoms with Gasteiger partial charge in [-0.25, -0.2) is 9.78 Å². The van der Waals surface area contributed by atoms with Gasteiger partial charge in [0.05, 0.1) is 10.4 Å². The second-order valence-corrected chi connectivity index (χ2v) is 4.24. The Balaban J connectivity index is 2.42. The summed E-state index contributed by atoms with van der Waals surface area (Å²) in [4.78, 5) is 15.5. The van der Waals surface area contributed by atoms with Crippen LogP contribution in [0.4, 0.5) is 0 Å². The monoisotopic (exact) mass is 233 g/mol. The molecule has 0 spiro atoms. The van der Waals surface area contributed by atoms with Gasteiger partial charge in [-0.2, -0.15) is 0 Å². The first-order chi connectivity index (χ1) is 7.72. The smallest absolute Gasteiger partial charge is 0.356 e. The number of aromatic nitrogens is 1. The number of hydrogen-bond acceptors (Lipinski definition) is 3. The lowest BCUT2D eigenvalue weighted by molar-refractivity contribution is 0.0692. The minimum Gasteiger partial charge on any atom is -0.476 e. The number of rotatable bonds is 3. The summed E-state index contributed by atoms with van der Waals surface area (Å²) in [5.74, 6) is -0.976. The van der Waals surface area contributed by atoms with Gasteiger partial charge in [-0.3, -0.25) is 0 Å². The molecule has 0 saturated heterocycles. The topological polar surface area (TPSA) is 50.2 Å². The number of aryl methyl sites for hydroxylation is 1. The van der Waals surface area contributed by atoms with Crippen LogP contribution in [0.5, 0.6) is 0 Å². The Morgan fingerprint density at radius 3 is 2.62 bits per heavy atom. The van der Waals surface area contributed by atoms with Gasteiger partial charge in [0.1, 0.15) is 0 Å². The Bertz CT molecular complexity index is 502. The molecule has 0 radical (unpaired) electrons. The SMILES string of the molecule is CCc1ccc(-c2scnc2C(=O)O)cc1. The summed E-state index contributed by atoms with van der Waals surface area (Å²) < 4.78 is 0. The predicted molar refractivity (Wildman–Crippen MR) is 63.9 cm³/mol. The summed E-state index contributed by atoms with van der Waals surface area (Å²) in [6, 6.07) is 7.92. The van der Waals surface area contributed by atoms with Gasteiger partial charge in [0, 0.05) is 0 Å². The Kier molecular flexibility index (Phi) is 3.01. The Labute approximate surface area is 97.4 Å². The molecule has 1 aromatic heterocycles. The van der Waals surface area contributed by atoms with Crippen molar-refractivity contribution in [3.05, 3.63) is 41.0 Å². The highest BCUT2D eigenvalue weighted by Gasteiger charge is 2.14. The van der Waals surface area contributed by atoms with Crippen molar-refractivity contribution in [3.63, 3.8) is 0 Å². The molecule has 0 atom stereocenters. The summed E-state index contributed by atoms with van der Waals surface area (Å²) >= 11 is 1.35. The molecule has 1 aromatic carbocycles. The molecule has 0 aliphatic heterocycles. The second kappa shape index (κ2) is 4.45. The zero-order chi connectivity index (χ0) is 11.5. The molecule has 82 valence electrons. The van der Waals surface area contributed by atoms with Crippen LogP contribution in [0.15, 0.2) is 29.8 Å². The first kappa shape index (κ1) is 10.8. The Morgan fingerprint density at radius 1 is 1.38 bits per heavy atom. The molecule has 2 aromatic rings. The van der Waals surface area contributed by atoms with Crippen molar-refractivity contribution in [2.24, 2.45) is 0 Å². The van der Waals surface area contributed by atoms with Gasteiger partial charge in [0.2, 0.25) is 0 Å². The van der Waals surface area contributed by atoms with E-state index in [0.717, 1.165) is 16.9 Å². The van der Waals surface area contributed by atoms with Crippen LogP contribution in [0.3, 0.4) is 0 Å². The molecule has 0 aliphatic carbocycles. The summed E-state index contributed by atoms with van der Waals surface area (Å²) in [7, 11) is 0. The molecule has 0 aliphatic rings. The highest BCUT2D eigenvalue weighted by molar-refractivity contribution is 7.13. The van der Waals surface area contributed by atoms with E-state index in [9.17, 15) is 4.79 Å². The van der Waals surface area contributed by atoms with Crippen LogP contribution in [0.2, 0.25) is 0 Å². The second-order valence-electron chi connectivity index (χ2n) is 3.39. The fourth-order valence-electron chi connectivity index (χ4n) is 1.50. The molecule has 16 heavy (non-hydrogen) atoms. The number of benzene rings is 1. The van der Waals surface area contributed by atoms with Gasteiger partial charge < -0.3 is 5.11 Å². The minimum atomic E-state index is -0.976. The standard InChI is InChI=1S/C12H11NO2S/c1-2-8-3-5-9(6-4-8)11-10(12(14)15)13-7-16-11/h3-7H,2H2,1H3,(H,14,15). The number of aromatic carboxylic acids is 1. The fraction of sp³-hybridized carbons (Fsp3) is 0.167. The third-order valence-electron chi connectivity index (χ3n) is 2.39. The van der Waals surface area contributed by atoms with Crippen molar-refractivity contribution < 1.29 is 9.90 Å². The number of thiazole rings is 1. The molecule has 0 bridgehead atoms. The third kappa shape index (κ3) is 1.97. The maximum atomic E-state index is 10.9. The summed E-state index contributed by atoms with van der Waals surface area (Å²) in [6.45, 7) is 2.09. The van der Waals surface area contributed by atoms with E-state index < -0.39 is 5.97 Å². The van der Waals surface area contributed by atoms with E-state index in [1.807, 2.05) is 24.3 Å². The average molecular weight is 233 g/mol. The van der Waals surface area contributed by atoms with Gasteiger partial charge in [0.25, 0.3) is 0 Å². The zero-order valence-corrected chi connectivity index (χ0v) is 9.62. The average Bonchev–Trinajstić information content (AvgIpc) is 2.78. The highest BCUT2D eigenvalue weighted by atomic mass is 32.1. The van der Waals surface area contributed by atoms with E-state index >= 15 is 0 Å². The first-order valence-electron chi connectivity index (χ1n) is 4.98. The number of carbonyl (C=O) groups is 1. The Morgan fingerprint density at radius 2 is 2.06 bits per heavy atom. The molecule has 0 unspecified atom stereocenters. The number of nitrogens with zero attached hydrogens (tertiary/aromatic N) is 1. The predicted octanol–water partition coefficient (Wildman–Crippen LogP) is 3.07. The van der Waals surface area contributed by atoms with Crippen LogP contribution in [0, 0.1) is 0 Å². The molecule has 3 nitrogen and oxygen atoms in total. The van der Waals surface area contributed by atoms with Crippen LogP contribution in [-0.4, -0.2) is 16.1 Å². The largest absolute Gasteiger partial charge is 0.476 e. The molecular weight excluding hydrogens is 222 g/mol. The van der Waals surface area contributed by atoms with Crippen LogP contribution in [0.1, 0.15) is 23.0 Å². The summed E-state index contributed by atoms with van der Waals surface area (Å²) in [5, 5.41) is 8.96. The van der Waals surface area contributed by atoms with Crippen LogP contribution >= 0.6 is 11.3 Å². The molecule has 0 fully saturated rings. The molecule has 2 rings (SSSR count). The number of carboxylic acid groups (broad SMARTS) is 1. The van der Waals surface area contributed by atoms with Gasteiger partial charge in [-0.05, 0) is 17.5 Å². The van der Waals surface area contributed by atoms with Crippen molar-refractivity contribution in [1.82, 2.24) is 4.98 Å². The lowest BCUT2D eigenvalue weighted by atomic mass is 10.1. The number of hydrogen-bond donors (Lipinski definition) is 1. The molecule has 1 N–H and O–H groups in total. The van der Waals surface area contributed by atoms with Crippen LogP contribution < -0.4 is 0 Å². The maximum Gasteiger partial charge on any atom is 0.356 e. The molecule has 0 amide bonds.